The lowest BCUT2D eigenvalue weighted by molar-refractivity contribution is -0.115. The van der Waals surface area contributed by atoms with Crippen LogP contribution in [-0.2, 0) is 4.79 Å². The van der Waals surface area contributed by atoms with Crippen LogP contribution in [0.5, 0.6) is 0 Å². The van der Waals surface area contributed by atoms with Gasteiger partial charge in [-0.15, -0.1) is 5.10 Å². The number of carbonyl (C=O) groups excluding carboxylic acids is 1. The van der Waals surface area contributed by atoms with Gasteiger partial charge in [0.25, 0.3) is 5.78 Å². The van der Waals surface area contributed by atoms with Gasteiger partial charge < -0.3 is 5.32 Å². The number of rotatable bonds is 4. The molecule has 1 unspecified atom stereocenters. The van der Waals surface area contributed by atoms with Crippen LogP contribution in [0.25, 0.3) is 16.6 Å². The van der Waals surface area contributed by atoms with Gasteiger partial charge in [0.1, 0.15) is 0 Å². The van der Waals surface area contributed by atoms with E-state index in [0.717, 1.165) is 27.8 Å². The lowest BCUT2D eigenvalue weighted by atomic mass is 10.1. The minimum absolute atomic E-state index is 0.0870. The number of aryl methyl sites for hydroxylation is 2. The largest absolute Gasteiger partial charge is 0.325 e. The zero-order chi connectivity index (χ0) is 19.0. The van der Waals surface area contributed by atoms with Crippen LogP contribution in [-0.4, -0.2) is 30.7 Å². The topological polar surface area (TPSA) is 72.2 Å². The Bertz CT molecular complexity index is 1150. The second kappa shape index (κ2) is 7.00. The van der Waals surface area contributed by atoms with Gasteiger partial charge in [0, 0.05) is 22.5 Å². The first-order valence-electron chi connectivity index (χ1n) is 8.67. The lowest BCUT2D eigenvalue weighted by Gasteiger charge is -2.12. The number of nitrogens with zero attached hydrogens (tertiary/aromatic N) is 4. The molecule has 136 valence electrons. The van der Waals surface area contributed by atoms with E-state index in [1.807, 2.05) is 69.3 Å². The summed E-state index contributed by atoms with van der Waals surface area (Å²) in [4.78, 5) is 21.5. The van der Waals surface area contributed by atoms with Crippen LogP contribution in [0.4, 0.5) is 5.69 Å². The van der Waals surface area contributed by atoms with Crippen LogP contribution in [0, 0.1) is 13.8 Å². The van der Waals surface area contributed by atoms with Crippen molar-refractivity contribution in [1.82, 2.24) is 19.6 Å². The molecule has 4 aromatic rings. The molecule has 0 aliphatic carbocycles. The highest BCUT2D eigenvalue weighted by Crippen LogP contribution is 2.26. The molecular formula is C20H19N5OS. The number of thioether (sulfide) groups is 1. The fourth-order valence-corrected chi connectivity index (χ4v) is 3.72. The number of hydrogen-bond donors (Lipinski definition) is 1. The second-order valence-corrected chi connectivity index (χ2v) is 7.73. The summed E-state index contributed by atoms with van der Waals surface area (Å²) < 4.78 is 1.70. The van der Waals surface area contributed by atoms with Gasteiger partial charge in [-0.25, -0.2) is 9.50 Å². The van der Waals surface area contributed by atoms with Gasteiger partial charge in [-0.05, 0) is 38.3 Å². The molecule has 27 heavy (non-hydrogen) atoms. The molecule has 7 heteroatoms. The smallest absolute Gasteiger partial charge is 0.253 e. The monoisotopic (exact) mass is 377 g/mol. The van der Waals surface area contributed by atoms with Crippen molar-refractivity contribution in [3.8, 4) is 0 Å². The highest BCUT2D eigenvalue weighted by molar-refractivity contribution is 8.00. The Kier molecular flexibility index (Phi) is 4.53. The van der Waals surface area contributed by atoms with Crippen LogP contribution in [0.1, 0.15) is 18.3 Å². The first kappa shape index (κ1) is 17.5. The van der Waals surface area contributed by atoms with E-state index in [9.17, 15) is 4.79 Å². The van der Waals surface area contributed by atoms with Crippen molar-refractivity contribution < 1.29 is 4.79 Å². The number of hydrogen-bond acceptors (Lipinski definition) is 5. The lowest BCUT2D eigenvalue weighted by Crippen LogP contribution is -2.22. The highest BCUT2D eigenvalue weighted by atomic mass is 32.2. The summed E-state index contributed by atoms with van der Waals surface area (Å²) in [6, 6.07) is 15.8. The maximum Gasteiger partial charge on any atom is 0.253 e. The number of nitrogens with one attached hydrogen (secondary N) is 1. The number of amides is 1. The number of aromatic nitrogens is 4. The van der Waals surface area contributed by atoms with Crippen molar-refractivity contribution in [3.63, 3.8) is 0 Å². The summed E-state index contributed by atoms with van der Waals surface area (Å²) in [5, 5.41) is 9.79. The average molecular weight is 377 g/mol. The van der Waals surface area contributed by atoms with E-state index in [-0.39, 0.29) is 11.2 Å². The van der Waals surface area contributed by atoms with E-state index in [4.69, 9.17) is 0 Å². The minimum Gasteiger partial charge on any atom is -0.325 e. The van der Waals surface area contributed by atoms with E-state index in [2.05, 4.69) is 20.4 Å². The molecule has 0 saturated heterocycles. The van der Waals surface area contributed by atoms with Crippen LogP contribution in [0.3, 0.4) is 0 Å². The van der Waals surface area contributed by atoms with Crippen LogP contribution in [0.15, 0.2) is 53.7 Å². The molecule has 0 spiro atoms. The molecule has 1 amide bonds. The number of carbonyl (C=O) groups is 1. The van der Waals surface area contributed by atoms with Crippen LogP contribution >= 0.6 is 11.8 Å². The van der Waals surface area contributed by atoms with E-state index in [0.29, 0.717) is 10.9 Å². The van der Waals surface area contributed by atoms with E-state index in [1.54, 1.807) is 4.52 Å². The summed E-state index contributed by atoms with van der Waals surface area (Å²) >= 11 is 1.32. The molecule has 6 nitrogen and oxygen atoms in total. The average Bonchev–Trinajstić information content (AvgIpc) is 3.04. The third-order valence-electron chi connectivity index (χ3n) is 4.30. The molecule has 0 bridgehead atoms. The summed E-state index contributed by atoms with van der Waals surface area (Å²) in [5.74, 6) is 0.465. The summed E-state index contributed by atoms with van der Waals surface area (Å²) in [6.45, 7) is 5.73. The van der Waals surface area contributed by atoms with Crippen molar-refractivity contribution in [2.24, 2.45) is 0 Å². The predicted octanol–water partition coefficient (Wildman–Crippen LogP) is 4.01. The summed E-state index contributed by atoms with van der Waals surface area (Å²) in [7, 11) is 0. The fourth-order valence-electron chi connectivity index (χ4n) is 2.98. The van der Waals surface area contributed by atoms with Crippen molar-refractivity contribution in [3.05, 3.63) is 59.9 Å². The Balaban J connectivity index is 1.53. The zero-order valence-corrected chi connectivity index (χ0v) is 16.1. The maximum absolute atomic E-state index is 12.7. The van der Waals surface area contributed by atoms with Gasteiger partial charge >= 0.3 is 0 Å². The Hall–Kier alpha value is -2.93. The van der Waals surface area contributed by atoms with Gasteiger partial charge in [-0.2, -0.15) is 4.98 Å². The van der Waals surface area contributed by atoms with Crippen LogP contribution < -0.4 is 5.32 Å². The molecule has 0 radical (unpaired) electrons. The van der Waals surface area contributed by atoms with E-state index < -0.39 is 0 Å². The highest BCUT2D eigenvalue weighted by Gasteiger charge is 2.19. The van der Waals surface area contributed by atoms with E-state index >= 15 is 0 Å². The molecule has 2 heterocycles. The second-order valence-electron chi connectivity index (χ2n) is 6.42. The molecule has 0 saturated carbocycles. The van der Waals surface area contributed by atoms with Crippen molar-refractivity contribution in [1.29, 1.82) is 0 Å². The Morgan fingerprint density at radius 1 is 1.11 bits per heavy atom. The molecule has 2 aromatic carbocycles. The Labute approximate surface area is 161 Å². The van der Waals surface area contributed by atoms with Gasteiger partial charge in [0.2, 0.25) is 11.1 Å². The fraction of sp³-hybridized carbons (Fsp3) is 0.200. The first-order valence-corrected chi connectivity index (χ1v) is 9.55. The molecule has 1 atom stereocenters. The SMILES string of the molecule is Cc1cc(C)n2nc(SC(C)C(=O)Nc3cccc4ccccc34)nc2n1. The first-order chi connectivity index (χ1) is 13.0. The molecule has 0 aliphatic heterocycles. The van der Waals surface area contributed by atoms with Gasteiger partial charge in [0.15, 0.2) is 0 Å². The minimum atomic E-state index is -0.345. The number of fused-ring (bicyclic) bond motifs is 2. The third kappa shape index (κ3) is 3.50. The third-order valence-corrected chi connectivity index (χ3v) is 5.25. The standard InChI is InChI=1S/C20H19N5OS/c1-12-11-13(2)25-19(21-12)23-20(24-25)27-14(3)18(26)22-17-10-6-8-15-7-4-5-9-16(15)17/h4-11,14H,1-3H3,(H,22,26). The number of benzene rings is 2. The van der Waals surface area contributed by atoms with Crippen molar-refractivity contribution in [2.75, 3.05) is 5.32 Å². The molecule has 4 rings (SSSR count). The quantitative estimate of drug-likeness (QED) is 0.544. The Morgan fingerprint density at radius 2 is 1.89 bits per heavy atom. The normalized spacial score (nSPS) is 12.4. The summed E-state index contributed by atoms with van der Waals surface area (Å²) in [5.41, 5.74) is 2.66. The van der Waals surface area contributed by atoms with Gasteiger partial charge in [-0.3, -0.25) is 4.79 Å². The maximum atomic E-state index is 12.7. The molecule has 1 N–H and O–H groups in total. The number of anilines is 1. The van der Waals surface area contributed by atoms with E-state index in [1.165, 1.54) is 11.8 Å². The predicted molar refractivity (Wildman–Crippen MR) is 108 cm³/mol. The summed E-state index contributed by atoms with van der Waals surface area (Å²) in [6.07, 6.45) is 0. The van der Waals surface area contributed by atoms with Crippen LogP contribution in [0.2, 0.25) is 0 Å². The molecule has 0 aliphatic rings. The van der Waals surface area contributed by atoms with Crippen molar-refractivity contribution >= 4 is 39.9 Å². The Morgan fingerprint density at radius 3 is 2.74 bits per heavy atom. The molecule has 0 fully saturated rings. The van der Waals surface area contributed by atoms with Gasteiger partial charge in [-0.1, -0.05) is 48.2 Å². The van der Waals surface area contributed by atoms with Gasteiger partial charge in [0.05, 0.1) is 5.25 Å². The zero-order valence-electron chi connectivity index (χ0n) is 15.3. The molecular weight excluding hydrogens is 358 g/mol. The van der Waals surface area contributed by atoms with Crippen molar-refractivity contribution in [2.45, 2.75) is 31.2 Å². The molecule has 2 aromatic heterocycles.